The number of carbonyl (C=O) groups is 3. The standard InChI is InChI=1S/C17H16N2O5/c1-11(20)18-14-3-2-4-15(9-14)24-10-16(21)19-13-7-5-12(6-8-13)17(22)23/h2-9H,10H2,1H3,(H,18,20)(H,19,21)(H,22,23). The number of carbonyl (C=O) groups excluding carboxylic acids is 2. The van der Waals surface area contributed by atoms with Crippen molar-refractivity contribution in [2.45, 2.75) is 6.92 Å². The topological polar surface area (TPSA) is 105 Å². The van der Waals surface area contributed by atoms with Crippen LogP contribution in [0.2, 0.25) is 0 Å². The van der Waals surface area contributed by atoms with Crippen molar-refractivity contribution in [1.82, 2.24) is 0 Å². The first-order valence-electron chi connectivity index (χ1n) is 7.08. The number of nitrogens with one attached hydrogen (secondary N) is 2. The summed E-state index contributed by atoms with van der Waals surface area (Å²) in [7, 11) is 0. The van der Waals surface area contributed by atoms with E-state index in [-0.39, 0.29) is 24.0 Å². The zero-order chi connectivity index (χ0) is 17.5. The second kappa shape index (κ2) is 7.77. The summed E-state index contributed by atoms with van der Waals surface area (Å²) in [5.41, 5.74) is 1.18. The Hall–Kier alpha value is -3.35. The predicted molar refractivity (Wildman–Crippen MR) is 88.3 cm³/mol. The molecule has 0 unspecified atom stereocenters. The largest absolute Gasteiger partial charge is 0.484 e. The molecule has 0 fully saturated rings. The zero-order valence-electron chi connectivity index (χ0n) is 12.9. The van der Waals surface area contributed by atoms with E-state index in [0.29, 0.717) is 17.1 Å². The third-order valence-corrected chi connectivity index (χ3v) is 2.94. The summed E-state index contributed by atoms with van der Waals surface area (Å²) in [5, 5.41) is 14.0. The highest BCUT2D eigenvalue weighted by atomic mass is 16.5. The molecule has 2 aromatic carbocycles. The van der Waals surface area contributed by atoms with Crippen LogP contribution in [0.3, 0.4) is 0 Å². The molecule has 7 heteroatoms. The second-order valence-electron chi connectivity index (χ2n) is 4.93. The first kappa shape index (κ1) is 17.0. The summed E-state index contributed by atoms with van der Waals surface area (Å²) >= 11 is 0. The van der Waals surface area contributed by atoms with Gasteiger partial charge in [0.1, 0.15) is 5.75 Å². The van der Waals surface area contributed by atoms with E-state index in [2.05, 4.69) is 10.6 Å². The fourth-order valence-corrected chi connectivity index (χ4v) is 1.91. The molecule has 124 valence electrons. The minimum atomic E-state index is -1.03. The van der Waals surface area contributed by atoms with E-state index in [9.17, 15) is 14.4 Å². The lowest BCUT2D eigenvalue weighted by atomic mass is 10.2. The van der Waals surface area contributed by atoms with Crippen LogP contribution in [0, 0.1) is 0 Å². The Kier molecular flexibility index (Phi) is 5.51. The van der Waals surface area contributed by atoms with E-state index in [1.807, 2.05) is 0 Å². The minimum absolute atomic E-state index is 0.138. The van der Waals surface area contributed by atoms with Gasteiger partial charge in [-0.15, -0.1) is 0 Å². The Morgan fingerprint density at radius 3 is 2.33 bits per heavy atom. The van der Waals surface area contributed by atoms with Gasteiger partial charge in [-0.2, -0.15) is 0 Å². The molecule has 3 N–H and O–H groups in total. The highest BCUT2D eigenvalue weighted by molar-refractivity contribution is 5.93. The molecule has 0 aliphatic carbocycles. The maximum atomic E-state index is 11.8. The summed E-state index contributed by atoms with van der Waals surface area (Å²) in [4.78, 5) is 33.6. The van der Waals surface area contributed by atoms with E-state index < -0.39 is 5.97 Å². The summed E-state index contributed by atoms with van der Waals surface area (Å²) in [6.45, 7) is 1.18. The first-order valence-corrected chi connectivity index (χ1v) is 7.08. The number of hydrogen-bond donors (Lipinski definition) is 3. The first-order chi connectivity index (χ1) is 11.4. The van der Waals surface area contributed by atoms with Gasteiger partial charge in [0.2, 0.25) is 5.91 Å². The Labute approximate surface area is 138 Å². The van der Waals surface area contributed by atoms with Gasteiger partial charge in [-0.25, -0.2) is 4.79 Å². The average Bonchev–Trinajstić information content (AvgIpc) is 2.53. The van der Waals surface area contributed by atoms with Gasteiger partial charge in [0.15, 0.2) is 6.61 Å². The van der Waals surface area contributed by atoms with Crippen LogP contribution >= 0.6 is 0 Å². The number of ether oxygens (including phenoxy) is 1. The van der Waals surface area contributed by atoms with Crippen LogP contribution in [0.4, 0.5) is 11.4 Å². The molecule has 0 spiro atoms. The van der Waals surface area contributed by atoms with Crippen molar-refractivity contribution in [3.05, 3.63) is 54.1 Å². The zero-order valence-corrected chi connectivity index (χ0v) is 12.9. The Balaban J connectivity index is 1.89. The summed E-state index contributed by atoms with van der Waals surface area (Å²) in [6.07, 6.45) is 0. The SMILES string of the molecule is CC(=O)Nc1cccc(OCC(=O)Nc2ccc(C(=O)O)cc2)c1. The van der Waals surface area contributed by atoms with Crippen molar-refractivity contribution in [3.63, 3.8) is 0 Å². The highest BCUT2D eigenvalue weighted by Gasteiger charge is 2.06. The van der Waals surface area contributed by atoms with Crippen LogP contribution in [-0.2, 0) is 9.59 Å². The fourth-order valence-electron chi connectivity index (χ4n) is 1.91. The van der Waals surface area contributed by atoms with Gasteiger partial charge >= 0.3 is 5.97 Å². The summed E-state index contributed by atoms with van der Waals surface area (Å²) in [6, 6.07) is 12.5. The van der Waals surface area contributed by atoms with Gasteiger partial charge in [-0.3, -0.25) is 9.59 Å². The molecule has 0 aromatic heterocycles. The Morgan fingerprint density at radius 1 is 1.00 bits per heavy atom. The molecular formula is C17H16N2O5. The lowest BCUT2D eigenvalue weighted by molar-refractivity contribution is -0.118. The maximum Gasteiger partial charge on any atom is 0.335 e. The van der Waals surface area contributed by atoms with Crippen LogP contribution < -0.4 is 15.4 Å². The minimum Gasteiger partial charge on any atom is -0.484 e. The molecule has 0 aliphatic heterocycles. The molecule has 0 atom stereocenters. The number of aromatic carboxylic acids is 1. The quantitative estimate of drug-likeness (QED) is 0.755. The monoisotopic (exact) mass is 328 g/mol. The number of rotatable bonds is 6. The normalized spacial score (nSPS) is 9.88. The molecule has 0 aliphatic rings. The lowest BCUT2D eigenvalue weighted by Gasteiger charge is -2.09. The number of benzene rings is 2. The molecule has 7 nitrogen and oxygen atoms in total. The van der Waals surface area contributed by atoms with Crippen LogP contribution in [-0.4, -0.2) is 29.5 Å². The van der Waals surface area contributed by atoms with Gasteiger partial charge in [0.05, 0.1) is 5.56 Å². The molecular weight excluding hydrogens is 312 g/mol. The molecule has 2 amide bonds. The van der Waals surface area contributed by atoms with E-state index in [4.69, 9.17) is 9.84 Å². The predicted octanol–water partition coefficient (Wildman–Crippen LogP) is 2.36. The van der Waals surface area contributed by atoms with Crippen molar-refractivity contribution in [2.75, 3.05) is 17.2 Å². The van der Waals surface area contributed by atoms with Crippen LogP contribution in [0.25, 0.3) is 0 Å². The number of anilines is 2. The summed E-state index contributed by atoms with van der Waals surface area (Å²) in [5.74, 6) is -1.18. The molecule has 0 heterocycles. The third-order valence-electron chi connectivity index (χ3n) is 2.94. The Morgan fingerprint density at radius 2 is 1.71 bits per heavy atom. The number of carboxylic acid groups (broad SMARTS) is 1. The van der Waals surface area contributed by atoms with Crippen molar-refractivity contribution < 1.29 is 24.2 Å². The van der Waals surface area contributed by atoms with Gasteiger partial charge in [0.25, 0.3) is 5.91 Å². The van der Waals surface area contributed by atoms with Crippen molar-refractivity contribution in [2.24, 2.45) is 0 Å². The van der Waals surface area contributed by atoms with E-state index in [1.165, 1.54) is 31.2 Å². The molecule has 0 bridgehead atoms. The van der Waals surface area contributed by atoms with E-state index in [0.717, 1.165) is 0 Å². The van der Waals surface area contributed by atoms with Crippen LogP contribution in [0.5, 0.6) is 5.75 Å². The number of carboxylic acids is 1. The van der Waals surface area contributed by atoms with Crippen LogP contribution in [0.15, 0.2) is 48.5 Å². The number of hydrogen-bond acceptors (Lipinski definition) is 4. The number of amides is 2. The smallest absolute Gasteiger partial charge is 0.335 e. The third kappa shape index (κ3) is 5.13. The van der Waals surface area contributed by atoms with Crippen molar-refractivity contribution in [1.29, 1.82) is 0 Å². The molecule has 0 saturated heterocycles. The molecule has 24 heavy (non-hydrogen) atoms. The van der Waals surface area contributed by atoms with Crippen molar-refractivity contribution >= 4 is 29.2 Å². The van der Waals surface area contributed by atoms with Gasteiger partial charge in [-0.1, -0.05) is 6.07 Å². The lowest BCUT2D eigenvalue weighted by Crippen LogP contribution is -2.20. The van der Waals surface area contributed by atoms with E-state index in [1.54, 1.807) is 24.3 Å². The highest BCUT2D eigenvalue weighted by Crippen LogP contribution is 2.17. The Bertz CT molecular complexity index is 756. The van der Waals surface area contributed by atoms with Gasteiger partial charge in [-0.05, 0) is 36.4 Å². The van der Waals surface area contributed by atoms with Crippen molar-refractivity contribution in [3.8, 4) is 5.75 Å². The average molecular weight is 328 g/mol. The fraction of sp³-hybridized carbons (Fsp3) is 0.118. The molecule has 2 rings (SSSR count). The molecule has 0 saturated carbocycles. The van der Waals surface area contributed by atoms with Crippen LogP contribution in [0.1, 0.15) is 17.3 Å². The molecule has 2 aromatic rings. The second-order valence-corrected chi connectivity index (χ2v) is 4.93. The van der Waals surface area contributed by atoms with Gasteiger partial charge in [0, 0.05) is 24.4 Å². The van der Waals surface area contributed by atoms with E-state index >= 15 is 0 Å². The van der Waals surface area contributed by atoms with Gasteiger partial charge < -0.3 is 20.5 Å². The maximum absolute atomic E-state index is 11.8. The molecule has 0 radical (unpaired) electrons. The summed E-state index contributed by atoms with van der Waals surface area (Å²) < 4.78 is 5.37.